The van der Waals surface area contributed by atoms with Gasteiger partial charge >= 0.3 is 0 Å². The van der Waals surface area contributed by atoms with Crippen LogP contribution in [0.25, 0.3) is 0 Å². The van der Waals surface area contributed by atoms with Crippen LogP contribution < -0.4 is 5.32 Å². The molecule has 1 heterocycles. The maximum Gasteiger partial charge on any atom is 0.257 e. The molecule has 1 aliphatic carbocycles. The van der Waals surface area contributed by atoms with Crippen molar-refractivity contribution in [3.63, 3.8) is 0 Å². The molecular weight excluding hydrogens is 370 g/mol. The van der Waals surface area contributed by atoms with Crippen LogP contribution in [-0.2, 0) is 17.8 Å². The third-order valence-electron chi connectivity index (χ3n) is 4.64. The molecule has 1 aliphatic rings. The normalized spacial score (nSPS) is 13.1. The molecule has 0 radical (unpaired) electrons. The third kappa shape index (κ3) is 4.64. The Morgan fingerprint density at radius 1 is 1.04 bits per heavy atom. The summed E-state index contributed by atoms with van der Waals surface area (Å²) in [6.45, 7) is 0.631. The predicted octanol–water partition coefficient (Wildman–Crippen LogP) is 4.13. The van der Waals surface area contributed by atoms with E-state index in [0.29, 0.717) is 29.0 Å². The number of carbonyl (C=O) groups is 2. The number of thiazole rings is 1. The summed E-state index contributed by atoms with van der Waals surface area (Å²) in [5.41, 5.74) is 2.41. The molecule has 0 saturated heterocycles. The fourth-order valence-electron chi connectivity index (χ4n) is 3.05. The SMILES string of the molecule is O=C(Nc1nc(CC(=O)N(Cc2ccccc2)C2CC2)cs1)c1ccccc1. The van der Waals surface area contributed by atoms with Gasteiger partial charge in [0.25, 0.3) is 5.91 Å². The molecule has 28 heavy (non-hydrogen) atoms. The fourth-order valence-corrected chi connectivity index (χ4v) is 3.75. The highest BCUT2D eigenvalue weighted by atomic mass is 32.1. The van der Waals surface area contributed by atoms with Crippen molar-refractivity contribution < 1.29 is 9.59 Å². The van der Waals surface area contributed by atoms with Crippen LogP contribution in [0.1, 0.15) is 34.5 Å². The van der Waals surface area contributed by atoms with Crippen LogP contribution in [0.15, 0.2) is 66.0 Å². The molecule has 6 heteroatoms. The number of amides is 2. The van der Waals surface area contributed by atoms with E-state index in [2.05, 4.69) is 10.3 Å². The topological polar surface area (TPSA) is 62.3 Å². The van der Waals surface area contributed by atoms with Crippen LogP contribution in [0.2, 0.25) is 0 Å². The van der Waals surface area contributed by atoms with E-state index in [0.717, 1.165) is 18.4 Å². The third-order valence-corrected chi connectivity index (χ3v) is 5.45. The minimum atomic E-state index is -0.198. The minimum absolute atomic E-state index is 0.0811. The molecule has 1 aromatic heterocycles. The Morgan fingerprint density at radius 2 is 1.71 bits per heavy atom. The van der Waals surface area contributed by atoms with Crippen LogP contribution in [0.4, 0.5) is 5.13 Å². The molecule has 0 aliphatic heterocycles. The largest absolute Gasteiger partial charge is 0.335 e. The van der Waals surface area contributed by atoms with Gasteiger partial charge in [-0.1, -0.05) is 48.5 Å². The predicted molar refractivity (Wildman–Crippen MR) is 110 cm³/mol. The summed E-state index contributed by atoms with van der Waals surface area (Å²) in [6.07, 6.45) is 2.38. The highest BCUT2D eigenvalue weighted by Crippen LogP contribution is 2.29. The van der Waals surface area contributed by atoms with Gasteiger partial charge in [0.2, 0.25) is 5.91 Å². The molecule has 5 nitrogen and oxygen atoms in total. The lowest BCUT2D eigenvalue weighted by Gasteiger charge is -2.22. The van der Waals surface area contributed by atoms with Crippen molar-refractivity contribution in [2.45, 2.75) is 31.8 Å². The maximum absolute atomic E-state index is 12.9. The van der Waals surface area contributed by atoms with Gasteiger partial charge in [-0.05, 0) is 30.5 Å². The average Bonchev–Trinajstić information content (AvgIpc) is 3.48. The first-order valence-electron chi connectivity index (χ1n) is 9.33. The fraction of sp³-hybridized carbons (Fsp3) is 0.227. The van der Waals surface area contributed by atoms with E-state index >= 15 is 0 Å². The molecule has 2 amide bonds. The number of rotatable bonds is 7. The summed E-state index contributed by atoms with van der Waals surface area (Å²) in [6, 6.07) is 19.4. The summed E-state index contributed by atoms with van der Waals surface area (Å²) in [5, 5.41) is 5.15. The number of carbonyl (C=O) groups excluding carboxylic acids is 2. The second-order valence-corrected chi connectivity index (χ2v) is 7.74. The second-order valence-electron chi connectivity index (χ2n) is 6.88. The molecule has 1 saturated carbocycles. The van der Waals surface area contributed by atoms with Gasteiger partial charge in [0.15, 0.2) is 5.13 Å². The number of aromatic nitrogens is 1. The van der Waals surface area contributed by atoms with Gasteiger partial charge in [0.05, 0.1) is 12.1 Å². The summed E-state index contributed by atoms with van der Waals surface area (Å²) in [7, 11) is 0. The van der Waals surface area contributed by atoms with Gasteiger partial charge in [-0.25, -0.2) is 4.98 Å². The zero-order valence-corrected chi connectivity index (χ0v) is 16.2. The van der Waals surface area contributed by atoms with Crippen LogP contribution in [-0.4, -0.2) is 27.7 Å². The first-order chi connectivity index (χ1) is 13.7. The number of nitrogens with one attached hydrogen (secondary N) is 1. The average molecular weight is 391 g/mol. The summed E-state index contributed by atoms with van der Waals surface area (Å²) in [4.78, 5) is 31.5. The Labute approximate surface area is 168 Å². The molecule has 0 spiro atoms. The Balaban J connectivity index is 1.38. The second kappa shape index (κ2) is 8.35. The minimum Gasteiger partial charge on any atom is -0.335 e. The number of nitrogens with zero attached hydrogens (tertiary/aromatic N) is 2. The number of anilines is 1. The number of hydrogen-bond donors (Lipinski definition) is 1. The Bertz CT molecular complexity index is 952. The maximum atomic E-state index is 12.9. The molecule has 0 atom stereocenters. The molecule has 2 aromatic carbocycles. The van der Waals surface area contributed by atoms with Crippen LogP contribution in [0.5, 0.6) is 0 Å². The lowest BCUT2D eigenvalue weighted by atomic mass is 10.2. The molecule has 1 fully saturated rings. The smallest absolute Gasteiger partial charge is 0.257 e. The molecule has 3 aromatic rings. The monoisotopic (exact) mass is 391 g/mol. The Hall–Kier alpha value is -2.99. The van der Waals surface area contributed by atoms with Crippen molar-refractivity contribution >= 4 is 28.3 Å². The van der Waals surface area contributed by atoms with Crippen molar-refractivity contribution in [3.8, 4) is 0 Å². The van der Waals surface area contributed by atoms with Gasteiger partial charge in [-0.3, -0.25) is 14.9 Å². The van der Waals surface area contributed by atoms with Gasteiger partial charge in [-0.15, -0.1) is 11.3 Å². The molecule has 0 bridgehead atoms. The summed E-state index contributed by atoms with van der Waals surface area (Å²) in [5.74, 6) is -0.117. The van der Waals surface area contributed by atoms with E-state index in [1.807, 2.05) is 58.8 Å². The van der Waals surface area contributed by atoms with Gasteiger partial charge < -0.3 is 4.90 Å². The van der Waals surface area contributed by atoms with Crippen molar-refractivity contribution in [2.75, 3.05) is 5.32 Å². The molecule has 1 N–H and O–H groups in total. The Kier molecular flexibility index (Phi) is 5.48. The van der Waals surface area contributed by atoms with Crippen molar-refractivity contribution in [1.82, 2.24) is 9.88 Å². The van der Waals surface area contributed by atoms with Crippen LogP contribution >= 0.6 is 11.3 Å². The van der Waals surface area contributed by atoms with E-state index in [-0.39, 0.29) is 18.2 Å². The summed E-state index contributed by atoms with van der Waals surface area (Å²) >= 11 is 1.34. The van der Waals surface area contributed by atoms with E-state index in [9.17, 15) is 9.59 Å². The lowest BCUT2D eigenvalue weighted by Crippen LogP contribution is -2.33. The lowest BCUT2D eigenvalue weighted by molar-refractivity contribution is -0.131. The van der Waals surface area contributed by atoms with E-state index in [1.165, 1.54) is 11.3 Å². The Morgan fingerprint density at radius 3 is 2.39 bits per heavy atom. The molecule has 142 valence electrons. The van der Waals surface area contributed by atoms with Crippen molar-refractivity contribution in [3.05, 3.63) is 82.9 Å². The molecular formula is C22H21N3O2S. The van der Waals surface area contributed by atoms with E-state index < -0.39 is 0 Å². The highest BCUT2D eigenvalue weighted by Gasteiger charge is 2.32. The van der Waals surface area contributed by atoms with Gasteiger partial charge in [0.1, 0.15) is 0 Å². The zero-order chi connectivity index (χ0) is 19.3. The van der Waals surface area contributed by atoms with Crippen LogP contribution in [0.3, 0.4) is 0 Å². The highest BCUT2D eigenvalue weighted by molar-refractivity contribution is 7.14. The van der Waals surface area contributed by atoms with E-state index in [4.69, 9.17) is 0 Å². The first-order valence-corrected chi connectivity index (χ1v) is 10.2. The zero-order valence-electron chi connectivity index (χ0n) is 15.4. The van der Waals surface area contributed by atoms with Crippen molar-refractivity contribution in [2.24, 2.45) is 0 Å². The van der Waals surface area contributed by atoms with Crippen LogP contribution in [0, 0.1) is 0 Å². The van der Waals surface area contributed by atoms with E-state index in [1.54, 1.807) is 12.1 Å². The molecule has 4 rings (SSSR count). The van der Waals surface area contributed by atoms with Crippen molar-refractivity contribution in [1.29, 1.82) is 0 Å². The summed E-state index contributed by atoms with van der Waals surface area (Å²) < 4.78 is 0. The first kappa shape index (κ1) is 18.4. The standard InChI is InChI=1S/C22H21N3O2S/c26-20(25(19-11-12-19)14-16-7-3-1-4-8-16)13-18-15-28-22(23-18)24-21(27)17-9-5-2-6-10-17/h1-10,15,19H,11-14H2,(H,23,24,27). The number of benzene rings is 2. The quantitative estimate of drug-likeness (QED) is 0.659. The van der Waals surface area contributed by atoms with Gasteiger partial charge in [0, 0.05) is 23.5 Å². The molecule has 0 unspecified atom stereocenters. The number of hydrogen-bond acceptors (Lipinski definition) is 4. The van der Waals surface area contributed by atoms with Gasteiger partial charge in [-0.2, -0.15) is 0 Å².